The van der Waals surface area contributed by atoms with Crippen molar-refractivity contribution in [2.75, 3.05) is 5.33 Å². The molecule has 0 radical (unpaired) electrons. The van der Waals surface area contributed by atoms with Crippen LogP contribution in [0.2, 0.25) is 0 Å². The number of aryl methyl sites for hydroxylation is 1. The van der Waals surface area contributed by atoms with Gasteiger partial charge in [0.1, 0.15) is 0 Å². The lowest BCUT2D eigenvalue weighted by Crippen LogP contribution is -1.97. The Kier molecular flexibility index (Phi) is 7.62. The van der Waals surface area contributed by atoms with Crippen LogP contribution in [0.15, 0.2) is 18.5 Å². The lowest BCUT2D eigenvalue weighted by Gasteiger charge is -2.02. The molecule has 0 aliphatic heterocycles. The van der Waals surface area contributed by atoms with Crippen LogP contribution >= 0.6 is 15.9 Å². The summed E-state index contributed by atoms with van der Waals surface area (Å²) < 4.78 is 2.02. The van der Waals surface area contributed by atoms with E-state index in [0.717, 1.165) is 11.9 Å². The number of alkyl halides is 1. The van der Waals surface area contributed by atoms with E-state index < -0.39 is 0 Å². The highest BCUT2D eigenvalue weighted by Gasteiger charge is 1.93. The summed E-state index contributed by atoms with van der Waals surface area (Å²) in [5.74, 6) is 0. The summed E-state index contributed by atoms with van der Waals surface area (Å²) in [7, 11) is 0. The van der Waals surface area contributed by atoms with Crippen molar-refractivity contribution in [1.82, 2.24) is 9.78 Å². The molecular weight excluding hydrogens is 252 g/mol. The molecule has 0 aliphatic rings. The van der Waals surface area contributed by atoms with Crippen LogP contribution < -0.4 is 0 Å². The van der Waals surface area contributed by atoms with Gasteiger partial charge in [-0.15, -0.1) is 0 Å². The van der Waals surface area contributed by atoms with E-state index in [9.17, 15) is 0 Å². The lowest BCUT2D eigenvalue weighted by atomic mass is 10.1. The van der Waals surface area contributed by atoms with Crippen LogP contribution in [0, 0.1) is 0 Å². The number of unbranched alkanes of at least 4 members (excludes halogenated alkanes) is 6. The molecular formula is C12H21BrN2. The van der Waals surface area contributed by atoms with Crippen molar-refractivity contribution in [1.29, 1.82) is 0 Å². The molecule has 0 aliphatic carbocycles. The van der Waals surface area contributed by atoms with Crippen molar-refractivity contribution in [2.45, 2.75) is 51.5 Å². The molecule has 0 bridgehead atoms. The summed E-state index contributed by atoms with van der Waals surface area (Å²) in [4.78, 5) is 0. The van der Waals surface area contributed by atoms with Gasteiger partial charge in [-0.2, -0.15) is 5.10 Å². The Hall–Kier alpha value is -0.310. The highest BCUT2D eigenvalue weighted by molar-refractivity contribution is 9.09. The molecule has 1 aromatic heterocycles. The number of rotatable bonds is 9. The minimum Gasteiger partial charge on any atom is -0.273 e. The van der Waals surface area contributed by atoms with Crippen LogP contribution in [0.25, 0.3) is 0 Å². The van der Waals surface area contributed by atoms with Gasteiger partial charge in [0.15, 0.2) is 0 Å². The predicted molar refractivity (Wildman–Crippen MR) is 68.3 cm³/mol. The summed E-state index contributed by atoms with van der Waals surface area (Å²) in [6, 6.07) is 1.99. The van der Waals surface area contributed by atoms with Crippen molar-refractivity contribution >= 4 is 15.9 Å². The molecule has 0 fully saturated rings. The fourth-order valence-corrected chi connectivity index (χ4v) is 2.08. The van der Waals surface area contributed by atoms with Crippen LogP contribution in [-0.4, -0.2) is 15.1 Å². The second-order valence-corrected chi connectivity index (χ2v) is 4.73. The number of aromatic nitrogens is 2. The molecule has 0 atom stereocenters. The van der Waals surface area contributed by atoms with Crippen LogP contribution in [-0.2, 0) is 6.54 Å². The van der Waals surface area contributed by atoms with Gasteiger partial charge in [0.25, 0.3) is 0 Å². The maximum absolute atomic E-state index is 4.19. The van der Waals surface area contributed by atoms with E-state index in [1.165, 1.54) is 44.9 Å². The average molecular weight is 273 g/mol. The zero-order chi connectivity index (χ0) is 10.8. The summed E-state index contributed by atoms with van der Waals surface area (Å²) in [6.07, 6.45) is 13.4. The topological polar surface area (TPSA) is 17.8 Å². The Morgan fingerprint density at radius 1 is 0.933 bits per heavy atom. The van der Waals surface area contributed by atoms with Crippen molar-refractivity contribution in [3.8, 4) is 0 Å². The molecule has 3 heteroatoms. The van der Waals surface area contributed by atoms with E-state index >= 15 is 0 Å². The maximum Gasteiger partial charge on any atom is 0.0489 e. The average Bonchev–Trinajstić information content (AvgIpc) is 2.75. The van der Waals surface area contributed by atoms with Gasteiger partial charge in [0.05, 0.1) is 0 Å². The van der Waals surface area contributed by atoms with Crippen LogP contribution in [0.3, 0.4) is 0 Å². The van der Waals surface area contributed by atoms with Gasteiger partial charge >= 0.3 is 0 Å². The monoisotopic (exact) mass is 272 g/mol. The van der Waals surface area contributed by atoms with E-state index in [2.05, 4.69) is 21.0 Å². The first-order valence-corrected chi connectivity index (χ1v) is 7.09. The van der Waals surface area contributed by atoms with E-state index in [1.807, 2.05) is 23.1 Å². The van der Waals surface area contributed by atoms with E-state index in [1.54, 1.807) is 0 Å². The normalized spacial score (nSPS) is 10.7. The van der Waals surface area contributed by atoms with Crippen molar-refractivity contribution in [3.63, 3.8) is 0 Å². The third-order valence-corrected chi connectivity index (χ3v) is 3.14. The molecule has 0 unspecified atom stereocenters. The molecule has 86 valence electrons. The molecule has 1 heterocycles. The first-order valence-electron chi connectivity index (χ1n) is 5.97. The predicted octanol–water partition coefficient (Wildman–Crippen LogP) is 4.01. The number of nitrogens with zero attached hydrogens (tertiary/aromatic N) is 2. The van der Waals surface area contributed by atoms with E-state index in [4.69, 9.17) is 0 Å². The molecule has 2 nitrogen and oxygen atoms in total. The molecule has 0 saturated heterocycles. The number of hydrogen-bond acceptors (Lipinski definition) is 1. The molecule has 0 saturated carbocycles. The third-order valence-electron chi connectivity index (χ3n) is 2.58. The highest BCUT2D eigenvalue weighted by atomic mass is 79.9. The maximum atomic E-state index is 4.19. The van der Waals surface area contributed by atoms with Crippen molar-refractivity contribution in [2.24, 2.45) is 0 Å². The fourth-order valence-electron chi connectivity index (χ4n) is 1.68. The van der Waals surface area contributed by atoms with Crippen LogP contribution in [0.5, 0.6) is 0 Å². The van der Waals surface area contributed by atoms with Gasteiger partial charge in [0, 0.05) is 24.3 Å². The summed E-state index contributed by atoms with van der Waals surface area (Å²) >= 11 is 3.46. The van der Waals surface area contributed by atoms with Crippen LogP contribution in [0.4, 0.5) is 0 Å². The minimum atomic E-state index is 1.08. The Labute approximate surface area is 101 Å². The smallest absolute Gasteiger partial charge is 0.0489 e. The number of halogens is 1. The Bertz CT molecular complexity index is 222. The molecule has 1 aromatic rings. The standard InChI is InChI=1S/C12H21BrN2/c13-9-6-4-2-1-3-5-7-11-15-12-8-10-14-15/h8,10,12H,1-7,9,11H2. The summed E-state index contributed by atoms with van der Waals surface area (Å²) in [6.45, 7) is 1.08. The zero-order valence-corrected chi connectivity index (χ0v) is 11.0. The van der Waals surface area contributed by atoms with Crippen molar-refractivity contribution < 1.29 is 0 Å². The highest BCUT2D eigenvalue weighted by Crippen LogP contribution is 2.08. The quantitative estimate of drug-likeness (QED) is 0.491. The fraction of sp³-hybridized carbons (Fsp3) is 0.750. The first kappa shape index (κ1) is 12.8. The minimum absolute atomic E-state index is 1.08. The summed E-state index contributed by atoms with van der Waals surface area (Å²) in [5.41, 5.74) is 0. The second kappa shape index (κ2) is 8.96. The van der Waals surface area contributed by atoms with Gasteiger partial charge in [-0.3, -0.25) is 4.68 Å². The molecule has 0 aromatic carbocycles. The van der Waals surface area contributed by atoms with Gasteiger partial charge in [0.2, 0.25) is 0 Å². The molecule has 1 rings (SSSR count). The van der Waals surface area contributed by atoms with Gasteiger partial charge in [-0.05, 0) is 18.9 Å². The molecule has 0 spiro atoms. The third kappa shape index (κ3) is 6.72. The van der Waals surface area contributed by atoms with E-state index in [0.29, 0.717) is 0 Å². The van der Waals surface area contributed by atoms with Gasteiger partial charge in [-0.1, -0.05) is 48.0 Å². The van der Waals surface area contributed by atoms with E-state index in [-0.39, 0.29) is 0 Å². The largest absolute Gasteiger partial charge is 0.273 e. The lowest BCUT2D eigenvalue weighted by molar-refractivity contribution is 0.523. The summed E-state index contributed by atoms with van der Waals surface area (Å²) in [5, 5.41) is 5.35. The van der Waals surface area contributed by atoms with Crippen LogP contribution in [0.1, 0.15) is 44.9 Å². The Morgan fingerprint density at radius 2 is 1.60 bits per heavy atom. The molecule has 0 N–H and O–H groups in total. The first-order chi connectivity index (χ1) is 7.43. The van der Waals surface area contributed by atoms with Crippen molar-refractivity contribution in [3.05, 3.63) is 18.5 Å². The number of hydrogen-bond donors (Lipinski definition) is 0. The zero-order valence-electron chi connectivity index (χ0n) is 9.37. The second-order valence-electron chi connectivity index (χ2n) is 3.93. The Balaban J connectivity index is 1.81. The van der Waals surface area contributed by atoms with Gasteiger partial charge in [-0.25, -0.2) is 0 Å². The molecule has 15 heavy (non-hydrogen) atoms. The van der Waals surface area contributed by atoms with Gasteiger partial charge < -0.3 is 0 Å². The SMILES string of the molecule is BrCCCCCCCCCn1cccn1. The Morgan fingerprint density at radius 3 is 2.20 bits per heavy atom. The molecule has 0 amide bonds.